The van der Waals surface area contributed by atoms with Crippen molar-refractivity contribution in [3.8, 4) is 0 Å². The zero-order chi connectivity index (χ0) is 22.3. The summed E-state index contributed by atoms with van der Waals surface area (Å²) in [5.41, 5.74) is 1.04. The summed E-state index contributed by atoms with van der Waals surface area (Å²) in [6.45, 7) is 0.119. The van der Waals surface area contributed by atoms with Gasteiger partial charge in [0.2, 0.25) is 15.9 Å². The highest BCUT2D eigenvalue weighted by Gasteiger charge is 2.31. The van der Waals surface area contributed by atoms with Crippen LogP contribution in [0.1, 0.15) is 0 Å². The van der Waals surface area contributed by atoms with Gasteiger partial charge in [-0.2, -0.15) is 4.31 Å². The third kappa shape index (κ3) is 3.74. The summed E-state index contributed by atoms with van der Waals surface area (Å²) < 4.78 is 56.0. The Balaban J connectivity index is 1.47. The number of sulfonamides is 1. The van der Waals surface area contributed by atoms with Crippen molar-refractivity contribution in [2.24, 2.45) is 7.05 Å². The number of aromatic nitrogens is 2. The Morgan fingerprint density at radius 2 is 1.61 bits per heavy atom. The second kappa shape index (κ2) is 7.89. The lowest BCUT2D eigenvalue weighted by molar-refractivity contribution is -0.133. The Morgan fingerprint density at radius 3 is 2.26 bits per heavy atom. The van der Waals surface area contributed by atoms with Crippen LogP contribution in [0.2, 0.25) is 0 Å². The number of nitrogens with zero attached hydrogens (tertiary/aromatic N) is 4. The van der Waals surface area contributed by atoms with E-state index in [0.29, 0.717) is 17.1 Å². The lowest BCUT2D eigenvalue weighted by Gasteiger charge is -2.34. The van der Waals surface area contributed by atoms with Crippen molar-refractivity contribution in [2.45, 2.75) is 11.4 Å². The van der Waals surface area contributed by atoms with E-state index in [0.717, 1.165) is 16.4 Å². The molecule has 0 atom stereocenters. The quantitative estimate of drug-likeness (QED) is 0.597. The molecule has 0 N–H and O–H groups in total. The monoisotopic (exact) mass is 450 g/mol. The van der Waals surface area contributed by atoms with Crippen molar-refractivity contribution in [3.63, 3.8) is 0 Å². The summed E-state index contributed by atoms with van der Waals surface area (Å²) in [6, 6.07) is 9.57. The fourth-order valence-corrected chi connectivity index (χ4v) is 5.15. The number of fused-ring (bicyclic) bond motifs is 1. The molecule has 1 aromatic heterocycles. The molecule has 1 saturated heterocycles. The zero-order valence-electron chi connectivity index (χ0n) is 16.7. The van der Waals surface area contributed by atoms with Crippen molar-refractivity contribution >= 4 is 27.0 Å². The zero-order valence-corrected chi connectivity index (χ0v) is 17.5. The van der Waals surface area contributed by atoms with Crippen LogP contribution in [-0.2, 0) is 28.4 Å². The summed E-state index contributed by atoms with van der Waals surface area (Å²) in [5, 5.41) is 0. The molecule has 0 bridgehead atoms. The van der Waals surface area contributed by atoms with Gasteiger partial charge in [0.1, 0.15) is 6.54 Å². The number of carbonyl (C=O) groups is 1. The number of rotatable bonds is 4. The second-order valence-corrected chi connectivity index (χ2v) is 9.22. The molecule has 164 valence electrons. The molecular weight excluding hydrogens is 430 g/mol. The van der Waals surface area contributed by atoms with E-state index in [-0.39, 0.29) is 49.2 Å². The molecule has 1 aliphatic rings. The molecule has 8 nitrogen and oxygen atoms in total. The largest absolute Gasteiger partial charge is 0.338 e. The van der Waals surface area contributed by atoms with Crippen molar-refractivity contribution < 1.29 is 22.0 Å². The van der Waals surface area contributed by atoms with Crippen molar-refractivity contribution in [1.29, 1.82) is 0 Å². The SMILES string of the molecule is Cn1c(=O)n(CC(=O)N2CCN(S(=O)(=O)c3ccc(F)c(F)c3)CC2)c2ccccc21. The van der Waals surface area contributed by atoms with Gasteiger partial charge in [-0.1, -0.05) is 12.1 Å². The predicted molar refractivity (Wildman–Crippen MR) is 109 cm³/mol. The van der Waals surface area contributed by atoms with Crippen LogP contribution in [0.5, 0.6) is 0 Å². The molecule has 1 fully saturated rings. The molecule has 11 heteroatoms. The van der Waals surface area contributed by atoms with Crippen LogP contribution in [0.25, 0.3) is 11.0 Å². The molecule has 0 aliphatic carbocycles. The second-order valence-electron chi connectivity index (χ2n) is 7.28. The first kappa shape index (κ1) is 21.2. The minimum absolute atomic E-state index is 0.0114. The maximum Gasteiger partial charge on any atom is 0.329 e. The Kier molecular flexibility index (Phi) is 5.40. The van der Waals surface area contributed by atoms with Gasteiger partial charge in [-0.15, -0.1) is 0 Å². The minimum Gasteiger partial charge on any atom is -0.338 e. The van der Waals surface area contributed by atoms with Crippen LogP contribution >= 0.6 is 0 Å². The number of hydrogen-bond donors (Lipinski definition) is 0. The number of para-hydroxylation sites is 2. The van der Waals surface area contributed by atoms with E-state index >= 15 is 0 Å². The number of benzene rings is 2. The number of hydrogen-bond acceptors (Lipinski definition) is 4. The molecular formula is C20H20F2N4O4S. The van der Waals surface area contributed by atoms with Crippen molar-refractivity contribution in [3.05, 3.63) is 64.6 Å². The van der Waals surface area contributed by atoms with Crippen LogP contribution in [0.15, 0.2) is 52.2 Å². The summed E-state index contributed by atoms with van der Waals surface area (Å²) in [4.78, 5) is 26.4. The molecule has 1 aliphatic heterocycles. The van der Waals surface area contributed by atoms with E-state index in [1.54, 1.807) is 31.3 Å². The number of aryl methyl sites for hydroxylation is 1. The van der Waals surface area contributed by atoms with Crippen molar-refractivity contribution in [1.82, 2.24) is 18.3 Å². The predicted octanol–water partition coefficient (Wildman–Crippen LogP) is 1.15. The molecule has 0 saturated carbocycles. The number of piperazine rings is 1. The van der Waals surface area contributed by atoms with E-state index in [1.165, 1.54) is 14.0 Å². The Morgan fingerprint density at radius 1 is 0.968 bits per heavy atom. The first-order chi connectivity index (χ1) is 14.7. The third-order valence-electron chi connectivity index (χ3n) is 5.47. The summed E-state index contributed by atoms with van der Waals surface area (Å²) in [5.74, 6) is -2.67. The van der Waals surface area contributed by atoms with Gasteiger partial charge in [-0.3, -0.25) is 13.9 Å². The summed E-state index contributed by atoms with van der Waals surface area (Å²) in [6.07, 6.45) is 0. The maximum absolute atomic E-state index is 13.5. The lowest BCUT2D eigenvalue weighted by atomic mass is 10.3. The highest BCUT2D eigenvalue weighted by atomic mass is 32.2. The Bertz CT molecular complexity index is 1320. The molecule has 31 heavy (non-hydrogen) atoms. The van der Waals surface area contributed by atoms with Gasteiger partial charge in [-0.05, 0) is 30.3 Å². The molecule has 1 amide bonds. The van der Waals surface area contributed by atoms with E-state index in [9.17, 15) is 26.8 Å². The molecule has 2 aromatic carbocycles. The third-order valence-corrected chi connectivity index (χ3v) is 7.36. The molecule has 3 aromatic rings. The smallest absolute Gasteiger partial charge is 0.329 e. The Labute approximate surface area is 177 Å². The van der Waals surface area contributed by atoms with Crippen LogP contribution in [0, 0.1) is 11.6 Å². The van der Waals surface area contributed by atoms with Gasteiger partial charge >= 0.3 is 5.69 Å². The highest BCUT2D eigenvalue weighted by molar-refractivity contribution is 7.89. The average molecular weight is 450 g/mol. The fraction of sp³-hybridized carbons (Fsp3) is 0.300. The van der Waals surface area contributed by atoms with E-state index in [1.807, 2.05) is 0 Å². The molecule has 0 spiro atoms. The number of halogens is 2. The number of amides is 1. The van der Waals surface area contributed by atoms with Gasteiger partial charge in [0.15, 0.2) is 11.6 Å². The maximum atomic E-state index is 13.5. The summed E-state index contributed by atoms with van der Waals surface area (Å²) >= 11 is 0. The lowest BCUT2D eigenvalue weighted by Crippen LogP contribution is -2.51. The fourth-order valence-electron chi connectivity index (χ4n) is 3.72. The van der Waals surface area contributed by atoms with Crippen LogP contribution in [0.3, 0.4) is 0 Å². The first-order valence-electron chi connectivity index (χ1n) is 9.57. The molecule has 0 radical (unpaired) electrons. The summed E-state index contributed by atoms with van der Waals surface area (Å²) in [7, 11) is -2.38. The van der Waals surface area contributed by atoms with Gasteiger partial charge in [0, 0.05) is 33.2 Å². The van der Waals surface area contributed by atoms with Gasteiger partial charge in [0.25, 0.3) is 0 Å². The Hall–Kier alpha value is -3.05. The van der Waals surface area contributed by atoms with Gasteiger partial charge < -0.3 is 4.90 Å². The first-order valence-corrected chi connectivity index (χ1v) is 11.0. The number of imidazole rings is 1. The van der Waals surface area contributed by atoms with Gasteiger partial charge in [0.05, 0.1) is 15.9 Å². The minimum atomic E-state index is -4.01. The topological polar surface area (TPSA) is 84.6 Å². The van der Waals surface area contributed by atoms with E-state index in [4.69, 9.17) is 0 Å². The van der Waals surface area contributed by atoms with E-state index < -0.39 is 21.7 Å². The highest BCUT2D eigenvalue weighted by Crippen LogP contribution is 2.20. The average Bonchev–Trinajstić information content (AvgIpc) is 3.00. The van der Waals surface area contributed by atoms with Crippen LogP contribution in [0.4, 0.5) is 8.78 Å². The molecule has 2 heterocycles. The van der Waals surface area contributed by atoms with Crippen molar-refractivity contribution in [2.75, 3.05) is 26.2 Å². The molecule has 0 unspecified atom stereocenters. The number of carbonyl (C=O) groups excluding carboxylic acids is 1. The standard InChI is InChI=1S/C20H20F2N4O4S/c1-23-17-4-2-3-5-18(17)26(20(23)28)13-19(27)24-8-10-25(11-9-24)31(29,30)14-6-7-15(21)16(22)12-14/h2-7,12H,8-11,13H2,1H3. The normalized spacial score (nSPS) is 15.5. The molecule has 4 rings (SSSR count). The van der Waals surface area contributed by atoms with Crippen LogP contribution < -0.4 is 5.69 Å². The van der Waals surface area contributed by atoms with Gasteiger partial charge in [-0.25, -0.2) is 22.0 Å². The van der Waals surface area contributed by atoms with Crippen LogP contribution in [-0.4, -0.2) is 58.8 Å². The van der Waals surface area contributed by atoms with E-state index in [2.05, 4.69) is 0 Å².